The van der Waals surface area contributed by atoms with Gasteiger partial charge >= 0.3 is 6.03 Å². The molecule has 0 radical (unpaired) electrons. The number of halogens is 1. The third-order valence-corrected chi connectivity index (χ3v) is 6.03. The maximum absolute atomic E-state index is 13.1. The molecule has 0 bridgehead atoms. The van der Waals surface area contributed by atoms with Crippen molar-refractivity contribution in [3.8, 4) is 11.5 Å². The van der Waals surface area contributed by atoms with E-state index < -0.39 is 34.2 Å². The second kappa shape index (κ2) is 11.7. The molecule has 1 heterocycles. The molecule has 2 N–H and O–H groups in total. The van der Waals surface area contributed by atoms with Gasteiger partial charge in [-0.25, -0.2) is 9.69 Å². The average Bonchev–Trinajstić information content (AvgIpc) is 2.91. The van der Waals surface area contributed by atoms with Crippen LogP contribution in [0, 0.1) is 17.0 Å². The fourth-order valence-corrected chi connectivity index (χ4v) is 4.06. The number of carbonyl (C=O) groups is 4. The van der Waals surface area contributed by atoms with Gasteiger partial charge in [-0.15, -0.1) is 0 Å². The first kappa shape index (κ1) is 27.8. The van der Waals surface area contributed by atoms with E-state index in [4.69, 9.17) is 21.1 Å². The van der Waals surface area contributed by atoms with Gasteiger partial charge in [-0.3, -0.25) is 29.8 Å². The van der Waals surface area contributed by atoms with Crippen molar-refractivity contribution in [2.75, 3.05) is 23.9 Å². The number of barbiturate groups is 1. The topological polar surface area (TPSA) is 157 Å². The number of methoxy groups -OCH3 is 1. The van der Waals surface area contributed by atoms with Gasteiger partial charge in [0, 0.05) is 17.8 Å². The van der Waals surface area contributed by atoms with Gasteiger partial charge in [0.2, 0.25) is 0 Å². The molecule has 0 saturated carbocycles. The van der Waals surface area contributed by atoms with Crippen molar-refractivity contribution in [3.63, 3.8) is 0 Å². The average molecular weight is 565 g/mol. The van der Waals surface area contributed by atoms with Crippen LogP contribution in [0.2, 0.25) is 5.02 Å². The zero-order valence-corrected chi connectivity index (χ0v) is 21.9. The predicted molar refractivity (Wildman–Crippen MR) is 145 cm³/mol. The number of urea groups is 1. The molecule has 0 atom stereocenters. The Morgan fingerprint density at radius 2 is 1.82 bits per heavy atom. The number of benzene rings is 3. The summed E-state index contributed by atoms with van der Waals surface area (Å²) in [5, 5.41) is 15.8. The lowest BCUT2D eigenvalue weighted by Gasteiger charge is -2.26. The quantitative estimate of drug-likeness (QED) is 0.178. The predicted octanol–water partition coefficient (Wildman–Crippen LogP) is 4.25. The first-order valence-corrected chi connectivity index (χ1v) is 12.0. The minimum atomic E-state index is -1.01. The Balaban J connectivity index is 1.56. The van der Waals surface area contributed by atoms with E-state index in [2.05, 4.69) is 10.6 Å². The molecule has 1 aliphatic rings. The lowest BCUT2D eigenvalue weighted by molar-refractivity contribution is -0.384. The van der Waals surface area contributed by atoms with Gasteiger partial charge < -0.3 is 14.8 Å². The fraction of sp³-hybridized carbons (Fsp3) is 0.111. The van der Waals surface area contributed by atoms with Crippen LogP contribution in [0.1, 0.15) is 11.1 Å². The zero-order chi connectivity index (χ0) is 29.0. The van der Waals surface area contributed by atoms with Crippen molar-refractivity contribution in [2.24, 2.45) is 0 Å². The molecule has 5 amide bonds. The molecule has 0 aliphatic carbocycles. The van der Waals surface area contributed by atoms with Crippen LogP contribution in [0.3, 0.4) is 0 Å². The number of non-ortho nitro benzene ring substituents is 1. The van der Waals surface area contributed by atoms with E-state index in [-0.39, 0.29) is 40.1 Å². The third-order valence-electron chi connectivity index (χ3n) is 5.75. The summed E-state index contributed by atoms with van der Waals surface area (Å²) in [6, 6.07) is 13.7. The first-order chi connectivity index (χ1) is 19.1. The van der Waals surface area contributed by atoms with Gasteiger partial charge in [-0.05, 0) is 54.5 Å². The molecular weight excluding hydrogens is 544 g/mol. The van der Waals surface area contributed by atoms with E-state index in [0.29, 0.717) is 10.6 Å². The highest BCUT2D eigenvalue weighted by atomic mass is 35.5. The highest BCUT2D eigenvalue weighted by Crippen LogP contribution is 2.37. The van der Waals surface area contributed by atoms with E-state index in [1.807, 2.05) is 19.1 Å². The van der Waals surface area contributed by atoms with Crippen molar-refractivity contribution in [2.45, 2.75) is 6.92 Å². The summed E-state index contributed by atoms with van der Waals surface area (Å²) in [6.45, 7) is 1.47. The number of hydrogen-bond acceptors (Lipinski definition) is 8. The van der Waals surface area contributed by atoms with Gasteiger partial charge in [-0.2, -0.15) is 0 Å². The summed E-state index contributed by atoms with van der Waals surface area (Å²) in [5.41, 5.74) is 1.15. The zero-order valence-electron chi connectivity index (χ0n) is 21.1. The Morgan fingerprint density at radius 3 is 2.48 bits per heavy atom. The minimum Gasteiger partial charge on any atom is -0.493 e. The number of para-hydroxylation sites is 1. The van der Waals surface area contributed by atoms with Gasteiger partial charge in [0.05, 0.1) is 22.7 Å². The van der Waals surface area contributed by atoms with E-state index in [0.717, 1.165) is 17.7 Å². The highest BCUT2D eigenvalue weighted by molar-refractivity contribution is 6.39. The van der Waals surface area contributed by atoms with E-state index >= 15 is 0 Å². The molecule has 12 nitrogen and oxygen atoms in total. The van der Waals surface area contributed by atoms with E-state index in [1.54, 1.807) is 12.1 Å². The van der Waals surface area contributed by atoms with Crippen molar-refractivity contribution in [3.05, 3.63) is 92.5 Å². The maximum Gasteiger partial charge on any atom is 0.335 e. The summed E-state index contributed by atoms with van der Waals surface area (Å²) in [6.07, 6.45) is 1.20. The lowest BCUT2D eigenvalue weighted by atomic mass is 10.1. The summed E-state index contributed by atoms with van der Waals surface area (Å²) in [5.74, 6) is -2.15. The number of anilines is 2. The van der Waals surface area contributed by atoms with E-state index in [1.165, 1.54) is 37.5 Å². The molecule has 40 heavy (non-hydrogen) atoms. The lowest BCUT2D eigenvalue weighted by Crippen LogP contribution is -2.54. The van der Waals surface area contributed by atoms with Crippen LogP contribution in [0.5, 0.6) is 11.5 Å². The first-order valence-electron chi connectivity index (χ1n) is 11.6. The molecule has 3 aromatic rings. The van der Waals surface area contributed by atoms with E-state index in [9.17, 15) is 29.3 Å². The molecule has 1 aliphatic heterocycles. The number of ether oxygens (including phenoxy) is 2. The molecule has 3 aromatic carbocycles. The summed E-state index contributed by atoms with van der Waals surface area (Å²) < 4.78 is 10.9. The smallest absolute Gasteiger partial charge is 0.335 e. The van der Waals surface area contributed by atoms with Crippen LogP contribution in [-0.4, -0.2) is 42.4 Å². The Labute approximate surface area is 232 Å². The molecule has 1 saturated heterocycles. The maximum atomic E-state index is 13.1. The second-order valence-corrected chi connectivity index (χ2v) is 8.82. The fourth-order valence-electron chi connectivity index (χ4n) is 3.78. The number of carbonyl (C=O) groups excluding carboxylic acids is 4. The number of nitro groups is 1. The van der Waals surface area contributed by atoms with Gasteiger partial charge in [0.15, 0.2) is 18.1 Å². The molecule has 4 rings (SSSR count). The summed E-state index contributed by atoms with van der Waals surface area (Å²) in [7, 11) is 1.34. The van der Waals surface area contributed by atoms with Crippen LogP contribution in [0.4, 0.5) is 21.9 Å². The number of nitro benzene ring substituents is 1. The number of nitrogens with zero attached hydrogens (tertiary/aromatic N) is 2. The third kappa shape index (κ3) is 5.92. The molecular formula is C27H21ClN4O8. The van der Waals surface area contributed by atoms with Gasteiger partial charge in [-0.1, -0.05) is 29.8 Å². The van der Waals surface area contributed by atoms with Crippen molar-refractivity contribution in [1.29, 1.82) is 0 Å². The number of hydrogen-bond donors (Lipinski definition) is 2. The Kier molecular flexibility index (Phi) is 8.10. The van der Waals surface area contributed by atoms with Crippen molar-refractivity contribution in [1.82, 2.24) is 5.32 Å². The Hall–Kier alpha value is -5.23. The number of nitrogens with one attached hydrogen (secondary N) is 2. The highest BCUT2D eigenvalue weighted by Gasteiger charge is 2.37. The van der Waals surface area contributed by atoms with Gasteiger partial charge in [0.25, 0.3) is 23.4 Å². The molecule has 0 spiro atoms. The number of rotatable bonds is 8. The van der Waals surface area contributed by atoms with Crippen LogP contribution in [-0.2, 0) is 14.4 Å². The molecule has 204 valence electrons. The summed E-state index contributed by atoms with van der Waals surface area (Å²) >= 11 is 6.39. The second-order valence-electron chi connectivity index (χ2n) is 8.42. The standard InChI is InChI=1S/C27H21ClN4O8/c1-15-5-3-4-6-21(15)29-23(33)14-40-24-20(28)12-16(13-22(24)39-2)11-19-25(34)30-27(36)31(26(19)35)17-7-9-18(10-8-17)32(37)38/h3-13H,14H2,1-2H3,(H,29,33)(H,30,34,36)/b19-11-. The number of aryl methyl sites for hydroxylation is 1. The molecule has 0 unspecified atom stereocenters. The van der Waals surface area contributed by atoms with Crippen LogP contribution >= 0.6 is 11.6 Å². The van der Waals surface area contributed by atoms with Crippen LogP contribution < -0.4 is 25.0 Å². The largest absolute Gasteiger partial charge is 0.493 e. The SMILES string of the molecule is COc1cc(/C=C2/C(=O)NC(=O)N(c3ccc([N+](=O)[O-])cc3)C2=O)cc(Cl)c1OCC(=O)Nc1ccccc1C. The normalized spacial score (nSPS) is 14.1. The Morgan fingerprint density at radius 1 is 1.12 bits per heavy atom. The number of imide groups is 2. The minimum absolute atomic E-state index is 0.0230. The molecule has 0 aromatic heterocycles. The van der Waals surface area contributed by atoms with Crippen LogP contribution in [0.15, 0.2) is 66.2 Å². The molecule has 1 fully saturated rings. The van der Waals surface area contributed by atoms with Gasteiger partial charge in [0.1, 0.15) is 5.57 Å². The molecule has 13 heteroatoms. The van der Waals surface area contributed by atoms with Crippen molar-refractivity contribution < 1.29 is 33.6 Å². The van der Waals surface area contributed by atoms with Crippen molar-refractivity contribution >= 4 is 58.5 Å². The number of amides is 5. The summed E-state index contributed by atoms with van der Waals surface area (Å²) in [4.78, 5) is 61.5. The van der Waals surface area contributed by atoms with Crippen LogP contribution in [0.25, 0.3) is 6.08 Å². The monoisotopic (exact) mass is 564 g/mol. The Bertz CT molecular complexity index is 1570.